The van der Waals surface area contributed by atoms with Gasteiger partial charge in [-0.15, -0.1) is 0 Å². The molecule has 0 unspecified atom stereocenters. The van der Waals surface area contributed by atoms with Gasteiger partial charge in [0, 0.05) is 16.5 Å². The summed E-state index contributed by atoms with van der Waals surface area (Å²) in [4.78, 5) is 3.20. The van der Waals surface area contributed by atoms with E-state index in [0.29, 0.717) is 0 Å². The number of aryl methyl sites for hydroxylation is 1. The molecule has 1 N–H and O–H groups in total. The first-order valence-corrected chi connectivity index (χ1v) is 5.40. The predicted molar refractivity (Wildman–Crippen MR) is 67.3 cm³/mol. The highest BCUT2D eigenvalue weighted by Gasteiger charge is 2.07. The van der Waals surface area contributed by atoms with Gasteiger partial charge in [-0.3, -0.25) is 0 Å². The van der Waals surface area contributed by atoms with Gasteiger partial charge in [0.25, 0.3) is 0 Å². The fourth-order valence-corrected chi connectivity index (χ4v) is 2.12. The molecule has 1 radical (unpaired) electrons. The van der Waals surface area contributed by atoms with Gasteiger partial charge < -0.3 is 4.98 Å². The maximum Gasteiger partial charge on any atom is 0.0716 e. The van der Waals surface area contributed by atoms with Crippen molar-refractivity contribution in [1.82, 2.24) is 4.98 Å². The molecule has 1 heteroatoms. The van der Waals surface area contributed by atoms with E-state index in [1.165, 1.54) is 16.5 Å². The molecule has 0 bridgehead atoms. The average Bonchev–Trinajstić information content (AvgIpc) is 2.75. The van der Waals surface area contributed by atoms with Gasteiger partial charge in [-0.2, -0.15) is 0 Å². The van der Waals surface area contributed by atoms with Crippen molar-refractivity contribution in [3.05, 3.63) is 60.3 Å². The maximum absolute atomic E-state index is 3.25. The zero-order chi connectivity index (χ0) is 11.0. The summed E-state index contributed by atoms with van der Waals surface area (Å²) < 4.78 is 0. The van der Waals surface area contributed by atoms with Gasteiger partial charge in [0.05, 0.1) is 6.20 Å². The molecule has 0 amide bonds. The lowest BCUT2D eigenvalue weighted by Crippen LogP contribution is -1.78. The molecule has 0 aliphatic carbocycles. The molecule has 3 rings (SSSR count). The number of aromatic amines is 1. The molecule has 3 aromatic rings. The molecule has 2 aromatic carbocycles. The summed E-state index contributed by atoms with van der Waals surface area (Å²) in [6.45, 7) is 2.14. The Hall–Kier alpha value is -2.02. The van der Waals surface area contributed by atoms with E-state index in [1.807, 2.05) is 6.07 Å². The van der Waals surface area contributed by atoms with Crippen LogP contribution < -0.4 is 0 Å². The second kappa shape index (κ2) is 3.53. The summed E-state index contributed by atoms with van der Waals surface area (Å²) in [7, 11) is 0. The molecule has 0 atom stereocenters. The molecule has 0 spiro atoms. The lowest BCUT2D eigenvalue weighted by atomic mass is 10.0. The molecule has 77 valence electrons. The number of benzene rings is 2. The van der Waals surface area contributed by atoms with Crippen LogP contribution in [-0.2, 0) is 0 Å². The van der Waals surface area contributed by atoms with Crippen LogP contribution in [0.2, 0.25) is 0 Å². The van der Waals surface area contributed by atoms with Crippen LogP contribution >= 0.6 is 0 Å². The lowest BCUT2D eigenvalue weighted by Gasteiger charge is -2.01. The largest absolute Gasteiger partial charge is 0.353 e. The van der Waals surface area contributed by atoms with Crippen molar-refractivity contribution >= 4 is 10.9 Å². The van der Waals surface area contributed by atoms with E-state index < -0.39 is 0 Å². The first kappa shape index (κ1) is 9.22. The van der Waals surface area contributed by atoms with Gasteiger partial charge in [-0.05, 0) is 24.1 Å². The van der Waals surface area contributed by atoms with E-state index in [4.69, 9.17) is 0 Å². The van der Waals surface area contributed by atoms with Gasteiger partial charge in [0.2, 0.25) is 0 Å². The quantitative estimate of drug-likeness (QED) is 0.620. The monoisotopic (exact) mass is 206 g/mol. The Balaban J connectivity index is 2.33. The Kier molecular flexibility index (Phi) is 2.03. The smallest absolute Gasteiger partial charge is 0.0716 e. The van der Waals surface area contributed by atoms with Crippen molar-refractivity contribution in [2.24, 2.45) is 0 Å². The van der Waals surface area contributed by atoms with Crippen LogP contribution in [0.5, 0.6) is 0 Å². The van der Waals surface area contributed by atoms with Crippen molar-refractivity contribution in [3.63, 3.8) is 0 Å². The highest BCUT2D eigenvalue weighted by atomic mass is 14.7. The fraction of sp³-hybridized carbons (Fsp3) is 0.0667. The number of rotatable bonds is 1. The Labute approximate surface area is 94.7 Å². The van der Waals surface area contributed by atoms with Crippen molar-refractivity contribution < 1.29 is 0 Å². The third-order valence-electron chi connectivity index (χ3n) is 2.91. The summed E-state index contributed by atoms with van der Waals surface area (Å²) in [5.41, 5.74) is 4.81. The van der Waals surface area contributed by atoms with Gasteiger partial charge in [-0.1, -0.05) is 42.5 Å². The average molecular weight is 206 g/mol. The van der Waals surface area contributed by atoms with E-state index in [2.05, 4.69) is 60.6 Å². The number of aromatic nitrogens is 1. The van der Waals surface area contributed by atoms with Crippen LogP contribution in [0.1, 0.15) is 5.56 Å². The van der Waals surface area contributed by atoms with E-state index in [1.54, 1.807) is 0 Å². The Morgan fingerprint density at radius 3 is 2.56 bits per heavy atom. The van der Waals surface area contributed by atoms with Crippen molar-refractivity contribution in [1.29, 1.82) is 0 Å². The van der Waals surface area contributed by atoms with Gasteiger partial charge in [-0.25, -0.2) is 0 Å². The zero-order valence-electron chi connectivity index (χ0n) is 9.12. The molecule has 0 fully saturated rings. The lowest BCUT2D eigenvalue weighted by molar-refractivity contribution is 1.45. The van der Waals surface area contributed by atoms with Crippen LogP contribution in [0, 0.1) is 13.1 Å². The van der Waals surface area contributed by atoms with Crippen molar-refractivity contribution in [3.8, 4) is 11.1 Å². The van der Waals surface area contributed by atoms with Gasteiger partial charge in [0.15, 0.2) is 0 Å². The van der Waals surface area contributed by atoms with Gasteiger partial charge in [0.1, 0.15) is 0 Å². The van der Waals surface area contributed by atoms with Crippen LogP contribution in [0.15, 0.2) is 48.5 Å². The third kappa shape index (κ3) is 1.33. The highest BCUT2D eigenvalue weighted by Crippen LogP contribution is 2.30. The van der Waals surface area contributed by atoms with Gasteiger partial charge >= 0.3 is 0 Å². The maximum atomic E-state index is 3.25. The summed E-state index contributed by atoms with van der Waals surface area (Å²) in [6, 6.07) is 16.7. The number of hydrogen-bond donors (Lipinski definition) is 1. The molecule has 0 aliphatic heterocycles. The van der Waals surface area contributed by atoms with Crippen molar-refractivity contribution in [2.75, 3.05) is 0 Å². The molecule has 0 saturated carbocycles. The van der Waals surface area contributed by atoms with Crippen LogP contribution in [0.3, 0.4) is 0 Å². The standard InChI is InChI=1S/C15H12N/c1-11-6-5-9-14-15(11)13(10-16-14)12-7-3-2-4-8-12/h2-9,16H,1H3. The second-order valence-electron chi connectivity index (χ2n) is 3.99. The Bertz CT molecular complexity index is 620. The van der Waals surface area contributed by atoms with Crippen LogP contribution in [0.25, 0.3) is 22.0 Å². The molecule has 0 saturated heterocycles. The first-order chi connectivity index (χ1) is 7.86. The number of hydrogen-bond acceptors (Lipinski definition) is 0. The number of nitrogens with one attached hydrogen (secondary N) is 1. The third-order valence-corrected chi connectivity index (χ3v) is 2.91. The fourth-order valence-electron chi connectivity index (χ4n) is 2.12. The summed E-state index contributed by atoms with van der Waals surface area (Å²) in [5, 5.41) is 1.27. The van der Waals surface area contributed by atoms with E-state index in [0.717, 1.165) is 11.1 Å². The zero-order valence-corrected chi connectivity index (χ0v) is 9.12. The normalized spacial score (nSPS) is 10.8. The summed E-state index contributed by atoms with van der Waals surface area (Å²) in [5.74, 6) is 0. The minimum Gasteiger partial charge on any atom is -0.353 e. The SMILES string of the molecule is Cc1cccc2[nH][c]c(-c3ccccc3)c12. The predicted octanol–water partition coefficient (Wildman–Crippen LogP) is 3.94. The van der Waals surface area contributed by atoms with Crippen LogP contribution in [0.4, 0.5) is 0 Å². The summed E-state index contributed by atoms with van der Waals surface area (Å²) >= 11 is 0. The minimum atomic E-state index is 1.15. The van der Waals surface area contributed by atoms with E-state index >= 15 is 0 Å². The summed E-state index contributed by atoms with van der Waals surface area (Å²) in [6.07, 6.45) is 3.25. The van der Waals surface area contributed by atoms with Crippen molar-refractivity contribution in [2.45, 2.75) is 6.92 Å². The number of H-pyrrole nitrogens is 1. The highest BCUT2D eigenvalue weighted by molar-refractivity contribution is 5.97. The Morgan fingerprint density at radius 2 is 1.75 bits per heavy atom. The second-order valence-corrected chi connectivity index (χ2v) is 3.99. The molecular formula is C15H12N. The molecule has 1 nitrogen and oxygen atoms in total. The molecular weight excluding hydrogens is 194 g/mol. The topological polar surface area (TPSA) is 15.8 Å². The van der Waals surface area contributed by atoms with E-state index in [-0.39, 0.29) is 0 Å². The first-order valence-electron chi connectivity index (χ1n) is 5.40. The molecule has 16 heavy (non-hydrogen) atoms. The van der Waals surface area contributed by atoms with E-state index in [9.17, 15) is 0 Å². The number of fused-ring (bicyclic) bond motifs is 1. The minimum absolute atomic E-state index is 1.15. The molecule has 1 aromatic heterocycles. The molecule has 1 heterocycles. The Morgan fingerprint density at radius 1 is 0.938 bits per heavy atom. The van der Waals surface area contributed by atoms with Crippen LogP contribution in [-0.4, -0.2) is 4.98 Å². The molecule has 0 aliphatic rings.